The highest BCUT2D eigenvalue weighted by Crippen LogP contribution is 2.32. The quantitative estimate of drug-likeness (QED) is 0.235. The highest BCUT2D eigenvalue weighted by atomic mass is 16.6. The Morgan fingerprint density at radius 1 is 1.03 bits per heavy atom. The van der Waals surface area contributed by atoms with Gasteiger partial charge < -0.3 is 9.64 Å². The summed E-state index contributed by atoms with van der Waals surface area (Å²) < 4.78 is 6.61. The molecule has 1 fully saturated rings. The van der Waals surface area contributed by atoms with Crippen LogP contribution in [0.4, 0.5) is 11.4 Å². The maximum atomic E-state index is 13.6. The molecule has 35 heavy (non-hydrogen) atoms. The summed E-state index contributed by atoms with van der Waals surface area (Å²) in [7, 11) is 0. The number of nitrogens with zero attached hydrogens (tertiary/aromatic N) is 4. The van der Waals surface area contributed by atoms with Crippen molar-refractivity contribution < 1.29 is 9.66 Å². The Bertz CT molecular complexity index is 1490. The summed E-state index contributed by atoms with van der Waals surface area (Å²) in [4.78, 5) is 27.2. The lowest BCUT2D eigenvalue weighted by Gasteiger charge is -2.29. The van der Waals surface area contributed by atoms with Gasteiger partial charge in [-0.15, -0.1) is 6.58 Å². The molecule has 1 aliphatic rings. The predicted molar refractivity (Wildman–Crippen MR) is 136 cm³/mol. The van der Waals surface area contributed by atoms with Gasteiger partial charge in [0.05, 0.1) is 29.2 Å². The second kappa shape index (κ2) is 9.52. The summed E-state index contributed by atoms with van der Waals surface area (Å²) in [5.41, 5.74) is 2.77. The Morgan fingerprint density at radius 2 is 1.74 bits per heavy atom. The van der Waals surface area contributed by atoms with Crippen molar-refractivity contribution in [2.24, 2.45) is 0 Å². The number of anilines is 1. The van der Waals surface area contributed by atoms with Crippen LogP contribution in [-0.4, -0.2) is 41.0 Å². The van der Waals surface area contributed by atoms with Gasteiger partial charge in [-0.3, -0.25) is 14.9 Å². The van der Waals surface area contributed by atoms with Crippen molar-refractivity contribution in [2.45, 2.75) is 6.42 Å². The van der Waals surface area contributed by atoms with Gasteiger partial charge in [-0.2, -0.15) is 9.78 Å². The normalized spacial score (nSPS) is 13.7. The van der Waals surface area contributed by atoms with E-state index in [1.807, 2.05) is 42.5 Å². The molecule has 1 saturated heterocycles. The number of morpholine rings is 1. The molecule has 4 aromatic rings. The fourth-order valence-electron chi connectivity index (χ4n) is 4.49. The van der Waals surface area contributed by atoms with Gasteiger partial charge in [0.15, 0.2) is 0 Å². The summed E-state index contributed by atoms with van der Waals surface area (Å²) in [6.45, 7) is 6.33. The standard InChI is InChI=1S/C27H24N4O4/c1-2-7-19-8-3-4-9-21(19)26-22-10-5-6-11-23(22)27(32)30(28-26)25-18-20(12-13-24(25)31(33)34)29-14-16-35-17-15-29/h2-6,8-13,18H,1,7,14-17H2. The van der Waals surface area contributed by atoms with E-state index >= 15 is 0 Å². The van der Waals surface area contributed by atoms with E-state index in [0.717, 1.165) is 16.8 Å². The zero-order valence-corrected chi connectivity index (χ0v) is 19.1. The maximum Gasteiger partial charge on any atom is 0.295 e. The van der Waals surface area contributed by atoms with Gasteiger partial charge in [0.1, 0.15) is 5.69 Å². The molecule has 0 unspecified atom stereocenters. The highest BCUT2D eigenvalue weighted by molar-refractivity contribution is 5.94. The van der Waals surface area contributed by atoms with E-state index in [1.54, 1.807) is 24.3 Å². The Morgan fingerprint density at radius 3 is 2.49 bits per heavy atom. The predicted octanol–water partition coefficient (Wildman–Crippen LogP) is 4.53. The molecule has 5 rings (SSSR count). The van der Waals surface area contributed by atoms with Gasteiger partial charge in [0, 0.05) is 35.8 Å². The molecule has 2 heterocycles. The second-order valence-corrected chi connectivity index (χ2v) is 8.29. The first-order chi connectivity index (χ1) is 17.1. The number of nitro groups is 1. The zero-order chi connectivity index (χ0) is 24.4. The van der Waals surface area contributed by atoms with Gasteiger partial charge in [0.25, 0.3) is 11.2 Å². The molecular formula is C27H24N4O4. The molecule has 0 amide bonds. The van der Waals surface area contributed by atoms with Crippen molar-refractivity contribution >= 4 is 22.1 Å². The number of fused-ring (bicyclic) bond motifs is 1. The number of rotatable bonds is 6. The molecule has 0 N–H and O–H groups in total. The Hall–Kier alpha value is -4.30. The lowest BCUT2D eigenvalue weighted by molar-refractivity contribution is -0.384. The van der Waals surface area contributed by atoms with Crippen LogP contribution in [0.5, 0.6) is 0 Å². The van der Waals surface area contributed by atoms with Crippen molar-refractivity contribution in [2.75, 3.05) is 31.2 Å². The molecule has 0 bridgehead atoms. The van der Waals surface area contributed by atoms with E-state index in [1.165, 1.54) is 10.7 Å². The fraction of sp³-hybridized carbons (Fsp3) is 0.185. The number of allylic oxidation sites excluding steroid dienone is 1. The van der Waals surface area contributed by atoms with Crippen LogP contribution >= 0.6 is 0 Å². The van der Waals surface area contributed by atoms with Gasteiger partial charge >= 0.3 is 0 Å². The molecule has 0 radical (unpaired) electrons. The number of nitro benzene ring substituents is 1. The Balaban J connectivity index is 1.80. The molecule has 1 aliphatic heterocycles. The van der Waals surface area contributed by atoms with Crippen LogP contribution in [-0.2, 0) is 11.2 Å². The summed E-state index contributed by atoms with van der Waals surface area (Å²) >= 11 is 0. The monoisotopic (exact) mass is 468 g/mol. The molecule has 0 spiro atoms. The van der Waals surface area contributed by atoms with E-state index < -0.39 is 10.5 Å². The summed E-state index contributed by atoms with van der Waals surface area (Å²) in [6.07, 6.45) is 2.44. The molecule has 0 aliphatic carbocycles. The minimum Gasteiger partial charge on any atom is -0.378 e. The first-order valence-corrected chi connectivity index (χ1v) is 11.4. The van der Waals surface area contributed by atoms with Gasteiger partial charge in [-0.25, -0.2) is 0 Å². The van der Waals surface area contributed by atoms with Crippen LogP contribution in [0, 0.1) is 10.1 Å². The smallest absolute Gasteiger partial charge is 0.295 e. The van der Waals surface area contributed by atoms with Crippen molar-refractivity contribution in [3.63, 3.8) is 0 Å². The van der Waals surface area contributed by atoms with Gasteiger partial charge in [0.2, 0.25) is 0 Å². The minimum absolute atomic E-state index is 0.136. The van der Waals surface area contributed by atoms with Crippen molar-refractivity contribution in [1.29, 1.82) is 0 Å². The SMILES string of the molecule is C=CCc1ccccc1-c1nn(-c2cc(N3CCOCC3)ccc2[N+](=O)[O-])c(=O)c2ccccc12. The van der Waals surface area contributed by atoms with Crippen molar-refractivity contribution in [1.82, 2.24) is 9.78 Å². The van der Waals surface area contributed by atoms with Crippen LogP contribution in [0.1, 0.15) is 5.56 Å². The number of aromatic nitrogens is 2. The number of benzene rings is 3. The third kappa shape index (κ3) is 4.20. The largest absolute Gasteiger partial charge is 0.378 e. The molecule has 176 valence electrons. The fourth-order valence-corrected chi connectivity index (χ4v) is 4.49. The van der Waals surface area contributed by atoms with Crippen molar-refractivity contribution in [3.8, 4) is 16.9 Å². The van der Waals surface area contributed by atoms with Crippen LogP contribution in [0.2, 0.25) is 0 Å². The molecule has 1 aromatic heterocycles. The molecule has 8 nitrogen and oxygen atoms in total. The van der Waals surface area contributed by atoms with Gasteiger partial charge in [-0.05, 0) is 30.2 Å². The first-order valence-electron chi connectivity index (χ1n) is 11.4. The van der Waals surface area contributed by atoms with E-state index in [-0.39, 0.29) is 11.4 Å². The minimum atomic E-state index is -0.479. The van der Waals surface area contributed by atoms with E-state index in [0.29, 0.717) is 49.2 Å². The third-order valence-corrected chi connectivity index (χ3v) is 6.20. The molecular weight excluding hydrogens is 444 g/mol. The van der Waals surface area contributed by atoms with Crippen LogP contribution in [0.15, 0.2) is 84.2 Å². The Labute approximate surface area is 201 Å². The average Bonchev–Trinajstić information content (AvgIpc) is 2.90. The third-order valence-electron chi connectivity index (χ3n) is 6.20. The topological polar surface area (TPSA) is 90.5 Å². The average molecular weight is 469 g/mol. The lowest BCUT2D eigenvalue weighted by Crippen LogP contribution is -2.36. The molecule has 3 aromatic carbocycles. The highest BCUT2D eigenvalue weighted by Gasteiger charge is 2.23. The van der Waals surface area contributed by atoms with Crippen LogP contribution < -0.4 is 10.5 Å². The van der Waals surface area contributed by atoms with Crippen molar-refractivity contribution in [3.05, 3.63) is 105 Å². The van der Waals surface area contributed by atoms with E-state index in [2.05, 4.69) is 11.5 Å². The number of ether oxygens (including phenoxy) is 1. The second-order valence-electron chi connectivity index (χ2n) is 8.29. The molecule has 8 heteroatoms. The molecule has 0 saturated carbocycles. The van der Waals surface area contributed by atoms with Gasteiger partial charge in [-0.1, -0.05) is 48.5 Å². The zero-order valence-electron chi connectivity index (χ0n) is 19.1. The van der Waals surface area contributed by atoms with Crippen LogP contribution in [0.25, 0.3) is 27.7 Å². The summed E-state index contributed by atoms with van der Waals surface area (Å²) in [5.74, 6) is 0. The summed E-state index contributed by atoms with van der Waals surface area (Å²) in [5, 5.41) is 17.8. The lowest BCUT2D eigenvalue weighted by atomic mass is 9.98. The molecule has 0 atom stereocenters. The summed E-state index contributed by atoms with van der Waals surface area (Å²) in [6, 6.07) is 19.8. The Kier molecular flexibility index (Phi) is 6.12. The van der Waals surface area contributed by atoms with E-state index in [4.69, 9.17) is 9.84 Å². The number of hydrogen-bond donors (Lipinski definition) is 0. The van der Waals surface area contributed by atoms with Crippen LogP contribution in [0.3, 0.4) is 0 Å². The number of hydrogen-bond acceptors (Lipinski definition) is 6. The van der Waals surface area contributed by atoms with E-state index in [9.17, 15) is 14.9 Å². The first kappa shape index (κ1) is 22.5. The maximum absolute atomic E-state index is 13.6.